The number of rotatable bonds is 4. The lowest BCUT2D eigenvalue weighted by Crippen LogP contribution is -2.49. The van der Waals surface area contributed by atoms with E-state index in [-0.39, 0.29) is 24.8 Å². The van der Waals surface area contributed by atoms with Crippen molar-refractivity contribution in [3.63, 3.8) is 0 Å². The SMILES string of the molecule is CC(C)(C)OC(=O)NCCC(=O)N1CCN(c2ncc(C(F)(F)F)cn2)CC1. The molecule has 1 saturated heterocycles. The van der Waals surface area contributed by atoms with Crippen molar-refractivity contribution in [2.45, 2.75) is 39.0 Å². The third-order valence-corrected chi connectivity index (χ3v) is 3.89. The van der Waals surface area contributed by atoms with Gasteiger partial charge in [-0.15, -0.1) is 0 Å². The molecule has 8 nitrogen and oxygen atoms in total. The molecule has 0 aromatic carbocycles. The monoisotopic (exact) mass is 403 g/mol. The van der Waals surface area contributed by atoms with Crippen LogP contribution in [0, 0.1) is 0 Å². The van der Waals surface area contributed by atoms with Crippen LogP contribution in [0.1, 0.15) is 32.8 Å². The first-order valence-electron chi connectivity index (χ1n) is 8.84. The van der Waals surface area contributed by atoms with Gasteiger partial charge in [0.15, 0.2) is 0 Å². The zero-order valence-corrected chi connectivity index (χ0v) is 16.0. The van der Waals surface area contributed by atoms with Crippen molar-refractivity contribution in [2.24, 2.45) is 0 Å². The largest absolute Gasteiger partial charge is 0.444 e. The minimum atomic E-state index is -4.48. The molecule has 156 valence electrons. The number of alkyl carbamates (subject to hydrolysis) is 1. The highest BCUT2D eigenvalue weighted by molar-refractivity contribution is 5.77. The van der Waals surface area contributed by atoms with E-state index in [0.717, 1.165) is 12.4 Å². The molecular weight excluding hydrogens is 379 g/mol. The Kier molecular flexibility index (Phi) is 6.68. The molecule has 1 fully saturated rings. The summed E-state index contributed by atoms with van der Waals surface area (Å²) in [5.74, 6) is 0.0794. The number of hydrogen-bond acceptors (Lipinski definition) is 6. The van der Waals surface area contributed by atoms with E-state index in [1.807, 2.05) is 0 Å². The van der Waals surface area contributed by atoms with Gasteiger partial charge in [0.2, 0.25) is 11.9 Å². The highest BCUT2D eigenvalue weighted by Gasteiger charge is 2.32. The normalized spacial score (nSPS) is 15.4. The molecule has 0 radical (unpaired) electrons. The standard InChI is InChI=1S/C17H24F3N5O3/c1-16(2,3)28-15(27)21-5-4-13(26)24-6-8-25(9-7-24)14-22-10-12(11-23-14)17(18,19)20/h10-11H,4-9H2,1-3H3,(H,21,27). The van der Waals surface area contributed by atoms with Gasteiger partial charge in [0.25, 0.3) is 0 Å². The Morgan fingerprint density at radius 1 is 1.11 bits per heavy atom. The molecular formula is C17H24F3N5O3. The zero-order chi connectivity index (χ0) is 20.9. The van der Waals surface area contributed by atoms with Crippen LogP contribution in [-0.4, -0.2) is 65.2 Å². The highest BCUT2D eigenvalue weighted by atomic mass is 19.4. The predicted molar refractivity (Wildman–Crippen MR) is 94.7 cm³/mol. The summed E-state index contributed by atoms with van der Waals surface area (Å²) in [6.45, 7) is 7.03. The highest BCUT2D eigenvalue weighted by Crippen LogP contribution is 2.28. The Morgan fingerprint density at radius 2 is 1.68 bits per heavy atom. The Balaban J connectivity index is 1.75. The quantitative estimate of drug-likeness (QED) is 0.828. The van der Waals surface area contributed by atoms with Crippen LogP contribution >= 0.6 is 0 Å². The summed E-state index contributed by atoms with van der Waals surface area (Å²) in [5.41, 5.74) is -1.51. The molecule has 0 bridgehead atoms. The summed E-state index contributed by atoms with van der Waals surface area (Å²) in [5, 5.41) is 2.53. The fraction of sp³-hybridized carbons (Fsp3) is 0.647. The molecule has 1 aliphatic rings. The van der Waals surface area contributed by atoms with Crippen molar-refractivity contribution < 1.29 is 27.5 Å². The summed E-state index contributed by atoms with van der Waals surface area (Å²) >= 11 is 0. The number of amides is 2. The van der Waals surface area contributed by atoms with Crippen molar-refractivity contribution >= 4 is 17.9 Å². The van der Waals surface area contributed by atoms with Crippen LogP contribution in [0.15, 0.2) is 12.4 Å². The number of anilines is 1. The van der Waals surface area contributed by atoms with Crippen molar-refractivity contribution in [3.8, 4) is 0 Å². The molecule has 0 saturated carbocycles. The maximum atomic E-state index is 12.6. The van der Waals surface area contributed by atoms with Crippen LogP contribution in [-0.2, 0) is 15.7 Å². The van der Waals surface area contributed by atoms with Crippen LogP contribution in [0.25, 0.3) is 0 Å². The lowest BCUT2D eigenvalue weighted by atomic mass is 10.2. The maximum absolute atomic E-state index is 12.6. The number of carbonyl (C=O) groups is 2. The molecule has 1 aromatic heterocycles. The van der Waals surface area contributed by atoms with Gasteiger partial charge in [0, 0.05) is 51.5 Å². The van der Waals surface area contributed by atoms with Crippen LogP contribution in [0.5, 0.6) is 0 Å². The van der Waals surface area contributed by atoms with Crippen LogP contribution in [0.4, 0.5) is 23.9 Å². The lowest BCUT2D eigenvalue weighted by molar-refractivity contribution is -0.138. The molecule has 0 aliphatic carbocycles. The van der Waals surface area contributed by atoms with Gasteiger partial charge in [-0.1, -0.05) is 0 Å². The second kappa shape index (κ2) is 8.61. The number of nitrogens with one attached hydrogen (secondary N) is 1. The molecule has 11 heteroatoms. The Bertz CT molecular complexity index is 681. The van der Waals surface area contributed by atoms with Crippen LogP contribution in [0.2, 0.25) is 0 Å². The predicted octanol–water partition coefficient (Wildman–Crippen LogP) is 2.06. The molecule has 1 aromatic rings. The Hall–Kier alpha value is -2.59. The minimum Gasteiger partial charge on any atom is -0.444 e. The fourth-order valence-electron chi connectivity index (χ4n) is 2.53. The van der Waals surface area contributed by atoms with Gasteiger partial charge in [-0.2, -0.15) is 13.2 Å². The third kappa shape index (κ3) is 6.54. The average Bonchev–Trinajstić information content (AvgIpc) is 2.59. The lowest BCUT2D eigenvalue weighted by Gasteiger charge is -2.34. The first-order valence-corrected chi connectivity index (χ1v) is 8.84. The number of alkyl halides is 3. The number of nitrogens with zero attached hydrogens (tertiary/aromatic N) is 4. The zero-order valence-electron chi connectivity index (χ0n) is 16.0. The molecule has 1 aliphatic heterocycles. The van der Waals surface area contributed by atoms with Gasteiger partial charge >= 0.3 is 12.3 Å². The Labute approximate surface area is 161 Å². The number of aromatic nitrogens is 2. The smallest absolute Gasteiger partial charge is 0.419 e. The van der Waals surface area contributed by atoms with Gasteiger partial charge in [-0.3, -0.25) is 4.79 Å². The van der Waals surface area contributed by atoms with E-state index in [0.29, 0.717) is 26.2 Å². The van der Waals surface area contributed by atoms with E-state index in [1.54, 1.807) is 30.6 Å². The van der Waals surface area contributed by atoms with Crippen molar-refractivity contribution in [1.82, 2.24) is 20.2 Å². The van der Waals surface area contributed by atoms with E-state index in [9.17, 15) is 22.8 Å². The number of carbonyl (C=O) groups excluding carboxylic acids is 2. The summed E-state index contributed by atoms with van der Waals surface area (Å²) in [7, 11) is 0. The molecule has 0 unspecified atom stereocenters. The first-order chi connectivity index (χ1) is 13.0. The third-order valence-electron chi connectivity index (χ3n) is 3.89. The van der Waals surface area contributed by atoms with E-state index in [4.69, 9.17) is 4.74 Å². The van der Waals surface area contributed by atoms with Crippen LogP contribution < -0.4 is 10.2 Å². The number of ether oxygens (including phenoxy) is 1. The van der Waals surface area contributed by atoms with Crippen molar-refractivity contribution in [3.05, 3.63) is 18.0 Å². The number of hydrogen-bond donors (Lipinski definition) is 1. The first kappa shape index (κ1) is 21.7. The van der Waals surface area contributed by atoms with Gasteiger partial charge in [0.1, 0.15) is 5.60 Å². The summed E-state index contributed by atoms with van der Waals surface area (Å²) in [6.07, 6.45) is -3.42. The molecule has 28 heavy (non-hydrogen) atoms. The number of piperazine rings is 1. The molecule has 2 heterocycles. The molecule has 0 spiro atoms. The Morgan fingerprint density at radius 3 is 2.18 bits per heavy atom. The van der Waals surface area contributed by atoms with Gasteiger partial charge < -0.3 is 19.9 Å². The van der Waals surface area contributed by atoms with Gasteiger partial charge in [0.05, 0.1) is 5.56 Å². The van der Waals surface area contributed by atoms with Crippen molar-refractivity contribution in [2.75, 3.05) is 37.6 Å². The second-order valence-corrected chi connectivity index (χ2v) is 7.32. The molecule has 1 N–H and O–H groups in total. The molecule has 2 amide bonds. The van der Waals surface area contributed by atoms with Gasteiger partial charge in [-0.05, 0) is 20.8 Å². The molecule has 2 rings (SSSR count). The summed E-state index contributed by atoms with van der Waals surface area (Å²) in [4.78, 5) is 34.7. The van der Waals surface area contributed by atoms with Crippen molar-refractivity contribution in [1.29, 1.82) is 0 Å². The summed E-state index contributed by atoms with van der Waals surface area (Å²) < 4.78 is 42.8. The van der Waals surface area contributed by atoms with Crippen LogP contribution in [0.3, 0.4) is 0 Å². The second-order valence-electron chi connectivity index (χ2n) is 7.32. The summed E-state index contributed by atoms with van der Waals surface area (Å²) in [6, 6.07) is 0. The maximum Gasteiger partial charge on any atom is 0.419 e. The van der Waals surface area contributed by atoms with E-state index in [1.165, 1.54) is 0 Å². The van der Waals surface area contributed by atoms with E-state index >= 15 is 0 Å². The fourth-order valence-corrected chi connectivity index (χ4v) is 2.53. The molecule has 0 atom stereocenters. The average molecular weight is 403 g/mol. The van der Waals surface area contributed by atoms with E-state index in [2.05, 4.69) is 15.3 Å². The van der Waals surface area contributed by atoms with Gasteiger partial charge in [-0.25, -0.2) is 14.8 Å². The topological polar surface area (TPSA) is 87.7 Å². The van der Waals surface area contributed by atoms with E-state index < -0.39 is 23.4 Å². The number of halogens is 3. The minimum absolute atomic E-state index is 0.121.